The van der Waals surface area contributed by atoms with Crippen LogP contribution < -0.4 is 4.72 Å². The minimum Gasteiger partial charge on any atom is -0.387 e. The number of nitrogens with one attached hydrogen (secondary N) is 1. The molecule has 0 aliphatic heterocycles. The van der Waals surface area contributed by atoms with Crippen molar-refractivity contribution < 1.29 is 22.3 Å². The second-order valence-electron chi connectivity index (χ2n) is 4.86. The molecule has 118 valence electrons. The van der Waals surface area contributed by atoms with Gasteiger partial charge in [0.05, 0.1) is 11.0 Å². The zero-order chi connectivity index (χ0) is 16.3. The fourth-order valence-corrected chi connectivity index (χ4v) is 3.19. The summed E-state index contributed by atoms with van der Waals surface area (Å²) in [6, 6.07) is 8.61. The summed E-state index contributed by atoms with van der Waals surface area (Å²) in [7, 11) is -3.89. The number of benzene rings is 2. The van der Waals surface area contributed by atoms with Crippen LogP contribution >= 0.6 is 0 Å². The van der Waals surface area contributed by atoms with E-state index in [-0.39, 0.29) is 4.90 Å². The van der Waals surface area contributed by atoms with Crippen LogP contribution in [-0.2, 0) is 10.0 Å². The van der Waals surface area contributed by atoms with Gasteiger partial charge in [0, 0.05) is 6.04 Å². The molecule has 0 aliphatic carbocycles. The monoisotopic (exact) mass is 327 g/mol. The molecule has 0 fully saturated rings. The fraction of sp³-hybridized carbons (Fsp3) is 0.200. The molecule has 2 rings (SSSR count). The Hall–Kier alpha value is -1.83. The molecule has 7 heteroatoms. The largest absolute Gasteiger partial charge is 0.387 e. The van der Waals surface area contributed by atoms with Crippen LogP contribution in [0, 0.1) is 11.6 Å². The van der Waals surface area contributed by atoms with Crippen LogP contribution in [0.4, 0.5) is 8.78 Å². The van der Waals surface area contributed by atoms with E-state index < -0.39 is 33.8 Å². The first kappa shape index (κ1) is 16.5. The van der Waals surface area contributed by atoms with Gasteiger partial charge in [-0.05, 0) is 48.9 Å². The maximum atomic E-state index is 12.9. The Morgan fingerprint density at radius 3 is 1.91 bits per heavy atom. The van der Waals surface area contributed by atoms with E-state index in [9.17, 15) is 22.3 Å². The van der Waals surface area contributed by atoms with E-state index in [2.05, 4.69) is 4.72 Å². The first-order valence-electron chi connectivity index (χ1n) is 6.51. The van der Waals surface area contributed by atoms with Gasteiger partial charge < -0.3 is 5.11 Å². The Labute approximate surface area is 127 Å². The average molecular weight is 327 g/mol. The van der Waals surface area contributed by atoms with Crippen LogP contribution in [0.1, 0.15) is 18.6 Å². The lowest BCUT2D eigenvalue weighted by Gasteiger charge is -2.20. The number of aliphatic hydroxyl groups excluding tert-OH is 1. The van der Waals surface area contributed by atoms with Crippen LogP contribution in [0.2, 0.25) is 0 Å². The normalized spacial score (nSPS) is 14.5. The van der Waals surface area contributed by atoms with Crippen molar-refractivity contribution in [2.75, 3.05) is 0 Å². The Morgan fingerprint density at radius 2 is 1.41 bits per heavy atom. The Morgan fingerprint density at radius 1 is 0.955 bits per heavy atom. The number of aliphatic hydroxyl groups is 1. The lowest BCUT2D eigenvalue weighted by atomic mass is 10.0. The third kappa shape index (κ3) is 3.88. The number of sulfonamides is 1. The molecule has 2 atom stereocenters. The molecule has 0 aromatic heterocycles. The van der Waals surface area contributed by atoms with E-state index in [0.29, 0.717) is 5.56 Å². The van der Waals surface area contributed by atoms with Crippen molar-refractivity contribution in [1.29, 1.82) is 0 Å². The summed E-state index contributed by atoms with van der Waals surface area (Å²) in [5.74, 6) is -0.992. The lowest BCUT2D eigenvalue weighted by Crippen LogP contribution is -2.37. The molecule has 0 aliphatic rings. The summed E-state index contributed by atoms with van der Waals surface area (Å²) < 4.78 is 52.3. The van der Waals surface area contributed by atoms with Gasteiger partial charge in [0.15, 0.2) is 0 Å². The summed E-state index contributed by atoms with van der Waals surface area (Å²) in [6.07, 6.45) is -1.14. The zero-order valence-corrected chi connectivity index (χ0v) is 12.5. The first-order chi connectivity index (χ1) is 10.3. The molecule has 0 saturated carbocycles. The van der Waals surface area contributed by atoms with Crippen molar-refractivity contribution in [3.8, 4) is 0 Å². The van der Waals surface area contributed by atoms with Crippen molar-refractivity contribution in [1.82, 2.24) is 4.72 Å². The molecule has 0 saturated heterocycles. The minimum absolute atomic E-state index is 0.105. The molecule has 2 unspecified atom stereocenters. The molecule has 0 heterocycles. The molecule has 2 aromatic rings. The van der Waals surface area contributed by atoms with Crippen molar-refractivity contribution in [2.24, 2.45) is 0 Å². The fourth-order valence-electron chi connectivity index (χ4n) is 1.94. The van der Waals surface area contributed by atoms with Gasteiger partial charge >= 0.3 is 0 Å². The van der Waals surface area contributed by atoms with Gasteiger partial charge in [-0.2, -0.15) is 0 Å². The number of hydrogen-bond donors (Lipinski definition) is 2. The van der Waals surface area contributed by atoms with Gasteiger partial charge in [-0.3, -0.25) is 0 Å². The number of halogens is 2. The third-order valence-electron chi connectivity index (χ3n) is 3.15. The van der Waals surface area contributed by atoms with Crippen molar-refractivity contribution in [3.63, 3.8) is 0 Å². The number of rotatable bonds is 5. The Bertz CT molecular complexity index is 730. The highest BCUT2D eigenvalue weighted by Crippen LogP contribution is 2.19. The Balaban J connectivity index is 2.14. The average Bonchev–Trinajstić information content (AvgIpc) is 2.47. The minimum atomic E-state index is -3.89. The predicted molar refractivity (Wildman–Crippen MR) is 77.5 cm³/mol. The van der Waals surface area contributed by atoms with Crippen LogP contribution in [0.3, 0.4) is 0 Å². The third-order valence-corrected chi connectivity index (χ3v) is 4.72. The molecule has 0 amide bonds. The first-order valence-corrected chi connectivity index (χ1v) is 7.99. The summed E-state index contributed by atoms with van der Waals surface area (Å²) in [6.45, 7) is 1.48. The molecule has 2 N–H and O–H groups in total. The second kappa shape index (κ2) is 6.51. The van der Waals surface area contributed by atoms with Crippen LogP contribution in [0.25, 0.3) is 0 Å². The van der Waals surface area contributed by atoms with Crippen LogP contribution in [-0.4, -0.2) is 19.6 Å². The molecule has 2 aromatic carbocycles. The zero-order valence-electron chi connectivity index (χ0n) is 11.7. The van der Waals surface area contributed by atoms with Gasteiger partial charge in [-0.25, -0.2) is 21.9 Å². The van der Waals surface area contributed by atoms with Gasteiger partial charge in [0.2, 0.25) is 10.0 Å². The van der Waals surface area contributed by atoms with E-state index >= 15 is 0 Å². The van der Waals surface area contributed by atoms with Crippen molar-refractivity contribution >= 4 is 10.0 Å². The smallest absolute Gasteiger partial charge is 0.240 e. The summed E-state index contributed by atoms with van der Waals surface area (Å²) >= 11 is 0. The van der Waals surface area contributed by atoms with Crippen molar-refractivity contribution in [2.45, 2.75) is 24.0 Å². The standard InChI is InChI=1S/C15H15F2NO3S/c1-10(15(19)11-2-4-12(16)5-3-11)18-22(20,21)14-8-6-13(17)7-9-14/h2-10,15,18-19H,1H3. The SMILES string of the molecule is CC(NS(=O)(=O)c1ccc(F)cc1)C(O)c1ccc(F)cc1. The van der Waals surface area contributed by atoms with Gasteiger partial charge in [0.25, 0.3) is 0 Å². The summed E-state index contributed by atoms with van der Waals surface area (Å²) in [4.78, 5) is -0.105. The van der Waals surface area contributed by atoms with Gasteiger partial charge in [-0.15, -0.1) is 0 Å². The van der Waals surface area contributed by atoms with E-state index in [4.69, 9.17) is 0 Å². The second-order valence-corrected chi connectivity index (χ2v) is 6.57. The summed E-state index contributed by atoms with van der Waals surface area (Å²) in [5, 5.41) is 10.1. The molecule has 0 radical (unpaired) electrons. The predicted octanol–water partition coefficient (Wildman–Crippen LogP) is 2.37. The quantitative estimate of drug-likeness (QED) is 0.886. The van der Waals surface area contributed by atoms with E-state index in [1.54, 1.807) is 0 Å². The molecular formula is C15H15F2NO3S. The molecular weight excluding hydrogens is 312 g/mol. The van der Waals surface area contributed by atoms with Gasteiger partial charge in [0.1, 0.15) is 11.6 Å². The number of hydrogen-bond acceptors (Lipinski definition) is 3. The van der Waals surface area contributed by atoms with Crippen molar-refractivity contribution in [3.05, 3.63) is 65.7 Å². The lowest BCUT2D eigenvalue weighted by molar-refractivity contribution is 0.146. The topological polar surface area (TPSA) is 66.4 Å². The van der Waals surface area contributed by atoms with E-state index in [0.717, 1.165) is 24.3 Å². The molecule has 22 heavy (non-hydrogen) atoms. The van der Waals surface area contributed by atoms with E-state index in [1.165, 1.54) is 31.2 Å². The maximum absolute atomic E-state index is 12.9. The molecule has 4 nitrogen and oxygen atoms in total. The molecule has 0 spiro atoms. The highest BCUT2D eigenvalue weighted by Gasteiger charge is 2.23. The molecule has 0 bridgehead atoms. The Kier molecular flexibility index (Phi) is 4.90. The maximum Gasteiger partial charge on any atom is 0.240 e. The highest BCUT2D eigenvalue weighted by atomic mass is 32.2. The summed E-state index contributed by atoms with van der Waals surface area (Å²) in [5.41, 5.74) is 0.385. The van der Waals surface area contributed by atoms with Gasteiger partial charge in [-0.1, -0.05) is 12.1 Å². The van der Waals surface area contributed by atoms with E-state index in [1.807, 2.05) is 0 Å². The van der Waals surface area contributed by atoms with Crippen LogP contribution in [0.15, 0.2) is 53.4 Å². The van der Waals surface area contributed by atoms with Crippen LogP contribution in [0.5, 0.6) is 0 Å². The highest BCUT2D eigenvalue weighted by molar-refractivity contribution is 7.89.